The lowest BCUT2D eigenvalue weighted by molar-refractivity contribution is -0.136. The van der Waals surface area contributed by atoms with Gasteiger partial charge in [0.05, 0.1) is 24.8 Å². The van der Waals surface area contributed by atoms with E-state index in [1.807, 2.05) is 12.5 Å². The second-order valence-electron chi connectivity index (χ2n) is 3.57. The quantitative estimate of drug-likeness (QED) is 0.447. The fourth-order valence-corrected chi connectivity index (χ4v) is 1.88. The maximum atomic E-state index is 11.6. The van der Waals surface area contributed by atoms with E-state index in [1.54, 1.807) is 0 Å². The highest BCUT2D eigenvalue weighted by Crippen LogP contribution is 2.13. The molecule has 0 aromatic carbocycles. The maximum Gasteiger partial charge on any atom is 0.349 e. The molecule has 0 aliphatic carbocycles. The first-order valence-electron chi connectivity index (χ1n) is 5.77. The first-order valence-corrected chi connectivity index (χ1v) is 8.21. The van der Waals surface area contributed by atoms with E-state index in [9.17, 15) is 4.79 Å². The van der Waals surface area contributed by atoms with Crippen molar-refractivity contribution in [3.05, 3.63) is 24.8 Å². The Hall–Kier alpha value is -1.87. The summed E-state index contributed by atoms with van der Waals surface area (Å²) in [6, 6.07) is 0. The van der Waals surface area contributed by atoms with Crippen molar-refractivity contribution in [2.24, 2.45) is 0 Å². The normalized spacial score (nSPS) is 10.2. The zero-order valence-electron chi connectivity index (χ0n) is 11.3. The van der Waals surface area contributed by atoms with Gasteiger partial charge in [0.1, 0.15) is 0 Å². The Labute approximate surface area is 129 Å². The summed E-state index contributed by atoms with van der Waals surface area (Å²) in [6.07, 6.45) is 9.61. The third-order valence-corrected chi connectivity index (χ3v) is 3.31. The van der Waals surface area contributed by atoms with E-state index in [1.165, 1.54) is 48.3 Å². The molecule has 2 aromatic rings. The van der Waals surface area contributed by atoms with Crippen LogP contribution in [0, 0.1) is 0 Å². The molecule has 0 atom stereocenters. The van der Waals surface area contributed by atoms with Gasteiger partial charge < -0.3 is 9.47 Å². The Morgan fingerprint density at radius 3 is 1.90 bits per heavy atom. The summed E-state index contributed by atoms with van der Waals surface area (Å²) in [7, 11) is 0. The Morgan fingerprint density at radius 1 is 0.952 bits per heavy atom. The molecule has 0 bridgehead atoms. The van der Waals surface area contributed by atoms with Gasteiger partial charge in [0.25, 0.3) is 0 Å². The number of carbonyl (C=O) groups is 1. The van der Waals surface area contributed by atoms with E-state index in [0.29, 0.717) is 16.1 Å². The molecule has 0 N–H and O–H groups in total. The molecule has 2 heterocycles. The van der Waals surface area contributed by atoms with Crippen LogP contribution in [0.1, 0.15) is 0 Å². The average molecular weight is 324 g/mol. The number of hydrogen-bond acceptors (Lipinski definition) is 9. The molecule has 21 heavy (non-hydrogen) atoms. The van der Waals surface area contributed by atoms with Crippen LogP contribution in [0.25, 0.3) is 0 Å². The zero-order valence-corrected chi connectivity index (χ0v) is 13.0. The van der Waals surface area contributed by atoms with Crippen molar-refractivity contribution in [3.63, 3.8) is 0 Å². The van der Waals surface area contributed by atoms with Crippen molar-refractivity contribution < 1.29 is 14.3 Å². The number of ether oxygens (including phenoxy) is 2. The van der Waals surface area contributed by atoms with Crippen LogP contribution in [0.5, 0.6) is 11.5 Å². The lowest BCUT2D eigenvalue weighted by Crippen LogP contribution is -2.18. The van der Waals surface area contributed by atoms with Gasteiger partial charge in [-0.15, -0.1) is 0 Å². The van der Waals surface area contributed by atoms with E-state index in [0.717, 1.165) is 0 Å². The zero-order chi connectivity index (χ0) is 15.1. The molecular formula is C12H12N4O3S2. The molecule has 0 radical (unpaired) electrons. The van der Waals surface area contributed by atoms with E-state index >= 15 is 0 Å². The van der Waals surface area contributed by atoms with Gasteiger partial charge in [0.15, 0.2) is 28.4 Å². The van der Waals surface area contributed by atoms with Crippen LogP contribution in [0.3, 0.4) is 0 Å². The van der Waals surface area contributed by atoms with Crippen molar-refractivity contribution in [2.75, 3.05) is 19.1 Å². The minimum absolute atomic E-state index is 0.244. The molecule has 0 saturated carbocycles. The van der Waals surface area contributed by atoms with E-state index < -0.39 is 5.97 Å². The topological polar surface area (TPSA) is 87.1 Å². The van der Waals surface area contributed by atoms with Crippen LogP contribution >= 0.6 is 23.5 Å². The van der Waals surface area contributed by atoms with Gasteiger partial charge in [0.2, 0.25) is 0 Å². The molecular weight excluding hydrogens is 312 g/mol. The van der Waals surface area contributed by atoms with Gasteiger partial charge in [0, 0.05) is 0 Å². The van der Waals surface area contributed by atoms with E-state index in [4.69, 9.17) is 9.47 Å². The third kappa shape index (κ3) is 4.87. The van der Waals surface area contributed by atoms with Crippen LogP contribution in [0.15, 0.2) is 35.1 Å². The highest BCUT2D eigenvalue weighted by molar-refractivity contribution is 7.98. The predicted octanol–water partition coefficient (Wildman–Crippen LogP) is 1.69. The highest BCUT2D eigenvalue weighted by atomic mass is 32.2. The standard InChI is InChI=1S/C12H12N4O3S2/c1-20-11-13-3-8(4-14-11)18-7-10(17)19-9-5-15-12(21-2)16-6-9/h3-6H,7H2,1-2H3. The van der Waals surface area contributed by atoms with Crippen LogP contribution in [0.2, 0.25) is 0 Å². The second kappa shape index (κ2) is 7.79. The summed E-state index contributed by atoms with van der Waals surface area (Å²) >= 11 is 2.83. The number of hydrogen-bond donors (Lipinski definition) is 0. The fourth-order valence-electron chi connectivity index (χ4n) is 1.25. The van der Waals surface area contributed by atoms with Gasteiger partial charge in [-0.25, -0.2) is 24.7 Å². The molecule has 110 valence electrons. The molecule has 2 aromatic heterocycles. The summed E-state index contributed by atoms with van der Waals surface area (Å²) < 4.78 is 10.3. The average Bonchev–Trinajstić information content (AvgIpc) is 2.54. The first kappa shape index (κ1) is 15.5. The Kier molecular flexibility index (Phi) is 5.76. The van der Waals surface area contributed by atoms with Gasteiger partial charge in [-0.2, -0.15) is 0 Å². The van der Waals surface area contributed by atoms with Crippen molar-refractivity contribution in [3.8, 4) is 11.5 Å². The second-order valence-corrected chi connectivity index (χ2v) is 5.12. The summed E-state index contributed by atoms with van der Waals surface area (Å²) in [5, 5.41) is 1.24. The smallest absolute Gasteiger partial charge is 0.349 e. The maximum absolute atomic E-state index is 11.6. The van der Waals surface area contributed by atoms with Crippen LogP contribution < -0.4 is 9.47 Å². The summed E-state index contributed by atoms with van der Waals surface area (Å²) in [4.78, 5) is 27.7. The monoisotopic (exact) mass is 324 g/mol. The molecule has 9 heteroatoms. The largest absolute Gasteiger partial charge is 0.479 e. The molecule has 0 spiro atoms. The SMILES string of the molecule is CSc1ncc(OCC(=O)Oc2cnc(SC)nc2)cn1. The van der Waals surface area contributed by atoms with Gasteiger partial charge >= 0.3 is 5.97 Å². The van der Waals surface area contributed by atoms with Crippen molar-refractivity contribution >= 4 is 29.5 Å². The molecule has 0 amide bonds. The minimum Gasteiger partial charge on any atom is -0.479 e. The van der Waals surface area contributed by atoms with Gasteiger partial charge in [-0.1, -0.05) is 23.5 Å². The lowest BCUT2D eigenvalue weighted by Gasteiger charge is -2.06. The summed E-state index contributed by atoms with van der Waals surface area (Å²) in [5.74, 6) is 0.124. The number of carbonyl (C=O) groups excluding carboxylic acids is 1. The Morgan fingerprint density at radius 2 is 1.43 bits per heavy atom. The number of nitrogens with zero attached hydrogens (tertiary/aromatic N) is 4. The molecule has 0 unspecified atom stereocenters. The van der Waals surface area contributed by atoms with Gasteiger partial charge in [-0.05, 0) is 12.5 Å². The first-order chi connectivity index (χ1) is 10.2. The van der Waals surface area contributed by atoms with Crippen LogP contribution in [-0.2, 0) is 4.79 Å². The molecule has 2 rings (SSSR count). The molecule has 0 aliphatic heterocycles. The van der Waals surface area contributed by atoms with Crippen LogP contribution in [-0.4, -0.2) is 45.0 Å². The van der Waals surface area contributed by atoms with E-state index in [-0.39, 0.29) is 12.4 Å². The highest BCUT2D eigenvalue weighted by Gasteiger charge is 2.08. The van der Waals surface area contributed by atoms with Crippen LogP contribution in [0.4, 0.5) is 0 Å². The summed E-state index contributed by atoms with van der Waals surface area (Å²) in [6.45, 7) is -0.244. The number of rotatable bonds is 6. The van der Waals surface area contributed by atoms with E-state index in [2.05, 4.69) is 19.9 Å². The molecule has 0 aliphatic rings. The number of thioether (sulfide) groups is 2. The third-order valence-electron chi connectivity index (χ3n) is 2.16. The van der Waals surface area contributed by atoms with Crippen molar-refractivity contribution in [1.29, 1.82) is 0 Å². The van der Waals surface area contributed by atoms with Gasteiger partial charge in [-0.3, -0.25) is 0 Å². The Bertz CT molecular complexity index is 592. The Balaban J connectivity index is 1.83. The molecule has 0 saturated heterocycles. The molecule has 0 fully saturated rings. The number of aromatic nitrogens is 4. The van der Waals surface area contributed by atoms with Crippen molar-refractivity contribution in [2.45, 2.75) is 10.3 Å². The lowest BCUT2D eigenvalue weighted by atomic mass is 10.6. The minimum atomic E-state index is -0.551. The fraction of sp³-hybridized carbons (Fsp3) is 0.250. The molecule has 7 nitrogen and oxygen atoms in total. The summed E-state index contributed by atoms with van der Waals surface area (Å²) in [5.41, 5.74) is 0. The number of esters is 1. The predicted molar refractivity (Wildman–Crippen MR) is 78.8 cm³/mol. The van der Waals surface area contributed by atoms with Crippen molar-refractivity contribution in [1.82, 2.24) is 19.9 Å².